The molecule has 0 saturated heterocycles. The Bertz CT molecular complexity index is 1070. The van der Waals surface area contributed by atoms with Crippen LogP contribution in [0.2, 0.25) is 0 Å². The highest BCUT2D eigenvalue weighted by atomic mass is 35.5. The average Bonchev–Trinajstić information content (AvgIpc) is 2.89. The molecular formula is C30H43ClFNO6. The van der Waals surface area contributed by atoms with Gasteiger partial charge in [-0.1, -0.05) is 19.9 Å². The standard InChI is InChI=1S/C30H42FNO6.ClH/c1-20(2)28-24-9-8-23(31)18-22(24)10-12-30(28,38-27(33)19-34-4)13-15-32(3)14-11-21-16-25(35-5)29(37-7)26(17-21)36-6;/h8-9,16-18,20,28H,10-15,19H2,1-7H3;1H/t28-,30-;/m1./s1. The second-order valence-corrected chi connectivity index (χ2v) is 10.4. The van der Waals surface area contributed by atoms with E-state index in [2.05, 4.69) is 25.8 Å². The molecule has 218 valence electrons. The summed E-state index contributed by atoms with van der Waals surface area (Å²) in [6.45, 7) is 5.69. The van der Waals surface area contributed by atoms with Gasteiger partial charge in [0.15, 0.2) is 11.5 Å². The van der Waals surface area contributed by atoms with Crippen LogP contribution in [0.5, 0.6) is 17.2 Å². The van der Waals surface area contributed by atoms with Gasteiger partial charge in [-0.3, -0.25) is 0 Å². The summed E-state index contributed by atoms with van der Waals surface area (Å²) in [5.41, 5.74) is 2.44. The van der Waals surface area contributed by atoms with Crippen molar-refractivity contribution in [3.63, 3.8) is 0 Å². The number of halogens is 2. The zero-order valence-electron chi connectivity index (χ0n) is 24.2. The smallest absolute Gasteiger partial charge is 0.332 e. The van der Waals surface area contributed by atoms with E-state index in [1.54, 1.807) is 27.4 Å². The number of hydrogen-bond acceptors (Lipinski definition) is 7. The van der Waals surface area contributed by atoms with Crippen LogP contribution in [0.3, 0.4) is 0 Å². The van der Waals surface area contributed by atoms with Crippen LogP contribution in [0.4, 0.5) is 4.39 Å². The van der Waals surface area contributed by atoms with Gasteiger partial charge in [-0.15, -0.1) is 12.4 Å². The summed E-state index contributed by atoms with van der Waals surface area (Å²) in [6.07, 6.45) is 2.74. The van der Waals surface area contributed by atoms with Crippen LogP contribution in [0.1, 0.15) is 49.3 Å². The first kappa shape index (κ1) is 32.7. The summed E-state index contributed by atoms with van der Waals surface area (Å²) in [5, 5.41) is 0. The van der Waals surface area contributed by atoms with E-state index in [0.29, 0.717) is 36.5 Å². The van der Waals surface area contributed by atoms with Crippen molar-refractivity contribution in [1.29, 1.82) is 0 Å². The van der Waals surface area contributed by atoms with Crippen molar-refractivity contribution in [3.05, 3.63) is 52.8 Å². The van der Waals surface area contributed by atoms with Crippen molar-refractivity contribution < 1.29 is 32.9 Å². The molecule has 0 spiro atoms. The van der Waals surface area contributed by atoms with E-state index in [4.69, 9.17) is 23.7 Å². The highest BCUT2D eigenvalue weighted by molar-refractivity contribution is 5.85. The number of aryl methyl sites for hydroxylation is 1. The minimum Gasteiger partial charge on any atom is -0.493 e. The lowest BCUT2D eigenvalue weighted by molar-refractivity contribution is -0.172. The Morgan fingerprint density at radius 1 is 1.05 bits per heavy atom. The quantitative estimate of drug-likeness (QED) is 0.298. The van der Waals surface area contributed by atoms with E-state index in [1.165, 1.54) is 13.2 Å². The molecule has 0 bridgehead atoms. The van der Waals surface area contributed by atoms with Gasteiger partial charge in [-0.25, -0.2) is 9.18 Å². The molecule has 0 aromatic heterocycles. The monoisotopic (exact) mass is 567 g/mol. The van der Waals surface area contributed by atoms with Crippen LogP contribution in [0, 0.1) is 11.7 Å². The van der Waals surface area contributed by atoms with Crippen LogP contribution in [-0.4, -0.2) is 71.7 Å². The maximum Gasteiger partial charge on any atom is 0.332 e. The van der Waals surface area contributed by atoms with E-state index in [9.17, 15) is 9.18 Å². The third-order valence-corrected chi connectivity index (χ3v) is 7.49. The Hall–Kier alpha value is -2.55. The first-order chi connectivity index (χ1) is 18.2. The highest BCUT2D eigenvalue weighted by Crippen LogP contribution is 2.48. The molecule has 0 unspecified atom stereocenters. The number of ether oxygens (including phenoxy) is 5. The lowest BCUT2D eigenvalue weighted by atomic mass is 9.65. The van der Waals surface area contributed by atoms with Gasteiger partial charge in [0, 0.05) is 32.5 Å². The number of carbonyl (C=O) groups excluding carboxylic acids is 1. The minimum atomic E-state index is -0.699. The number of nitrogens with zero attached hydrogens (tertiary/aromatic N) is 1. The van der Waals surface area contributed by atoms with Gasteiger partial charge in [-0.05, 0) is 73.2 Å². The maximum absolute atomic E-state index is 14.0. The number of rotatable bonds is 13. The number of likely N-dealkylation sites (N-methyl/N-ethyl adjacent to an activating group) is 1. The van der Waals surface area contributed by atoms with Gasteiger partial charge in [-0.2, -0.15) is 0 Å². The summed E-state index contributed by atoms with van der Waals surface area (Å²) in [4.78, 5) is 15.0. The molecule has 2 aromatic rings. The van der Waals surface area contributed by atoms with Crippen LogP contribution < -0.4 is 14.2 Å². The fourth-order valence-corrected chi connectivity index (χ4v) is 5.76. The summed E-state index contributed by atoms with van der Waals surface area (Å²) in [5.74, 6) is 1.38. The molecule has 7 nitrogen and oxygen atoms in total. The zero-order chi connectivity index (χ0) is 27.9. The molecule has 39 heavy (non-hydrogen) atoms. The van der Waals surface area contributed by atoms with Gasteiger partial charge < -0.3 is 28.6 Å². The molecule has 0 radical (unpaired) electrons. The number of benzene rings is 2. The van der Waals surface area contributed by atoms with Crippen molar-refractivity contribution in [2.24, 2.45) is 5.92 Å². The van der Waals surface area contributed by atoms with Crippen LogP contribution in [0.25, 0.3) is 0 Å². The number of methoxy groups -OCH3 is 4. The maximum atomic E-state index is 14.0. The van der Waals surface area contributed by atoms with E-state index in [0.717, 1.165) is 36.2 Å². The predicted molar refractivity (Wildman–Crippen MR) is 152 cm³/mol. The van der Waals surface area contributed by atoms with Gasteiger partial charge >= 0.3 is 5.97 Å². The number of esters is 1. The summed E-state index contributed by atoms with van der Waals surface area (Å²) < 4.78 is 41.8. The third-order valence-electron chi connectivity index (χ3n) is 7.49. The second-order valence-electron chi connectivity index (χ2n) is 10.4. The van der Waals surface area contributed by atoms with Crippen molar-refractivity contribution in [3.8, 4) is 17.2 Å². The summed E-state index contributed by atoms with van der Waals surface area (Å²) in [7, 11) is 8.37. The molecular weight excluding hydrogens is 525 g/mol. The lowest BCUT2D eigenvalue weighted by Crippen LogP contribution is -2.49. The van der Waals surface area contributed by atoms with Crippen LogP contribution in [0.15, 0.2) is 30.3 Å². The Labute approximate surface area is 238 Å². The predicted octanol–water partition coefficient (Wildman–Crippen LogP) is 5.45. The number of carbonyl (C=O) groups is 1. The Morgan fingerprint density at radius 2 is 1.72 bits per heavy atom. The first-order valence-electron chi connectivity index (χ1n) is 13.1. The van der Waals surface area contributed by atoms with Crippen molar-refractivity contribution in [2.45, 2.75) is 51.0 Å². The molecule has 2 aromatic carbocycles. The normalized spacial score (nSPS) is 18.4. The molecule has 0 N–H and O–H groups in total. The summed E-state index contributed by atoms with van der Waals surface area (Å²) in [6, 6.07) is 8.92. The van der Waals surface area contributed by atoms with Crippen molar-refractivity contribution >= 4 is 18.4 Å². The third kappa shape index (κ3) is 7.77. The van der Waals surface area contributed by atoms with E-state index < -0.39 is 5.60 Å². The topological polar surface area (TPSA) is 66.5 Å². The lowest BCUT2D eigenvalue weighted by Gasteiger charge is -2.47. The van der Waals surface area contributed by atoms with E-state index >= 15 is 0 Å². The molecule has 9 heteroatoms. The molecule has 0 fully saturated rings. The van der Waals surface area contributed by atoms with Gasteiger partial charge in [0.05, 0.1) is 21.3 Å². The Kier molecular flexibility index (Phi) is 12.3. The number of fused-ring (bicyclic) bond motifs is 1. The van der Waals surface area contributed by atoms with Gasteiger partial charge in [0.25, 0.3) is 0 Å². The molecule has 0 amide bonds. The van der Waals surface area contributed by atoms with E-state index in [-0.39, 0.29) is 42.6 Å². The summed E-state index contributed by atoms with van der Waals surface area (Å²) >= 11 is 0. The SMILES string of the molecule is COCC(=O)O[C@@]1(CCN(C)CCc2cc(OC)c(OC)c(OC)c2)CCc2cc(F)ccc2[C@H]1C(C)C.Cl. The fraction of sp³-hybridized carbons (Fsp3) is 0.567. The molecule has 0 saturated carbocycles. The van der Waals surface area contributed by atoms with E-state index in [1.807, 2.05) is 18.2 Å². The molecule has 1 aliphatic rings. The molecule has 0 heterocycles. The molecule has 3 rings (SSSR count). The van der Waals surface area contributed by atoms with Crippen molar-refractivity contribution in [1.82, 2.24) is 4.90 Å². The molecule has 0 aliphatic heterocycles. The fourth-order valence-electron chi connectivity index (χ4n) is 5.76. The minimum absolute atomic E-state index is 0. The largest absolute Gasteiger partial charge is 0.493 e. The average molecular weight is 568 g/mol. The zero-order valence-corrected chi connectivity index (χ0v) is 25.0. The highest BCUT2D eigenvalue weighted by Gasteiger charge is 2.47. The van der Waals surface area contributed by atoms with Gasteiger partial charge in [0.2, 0.25) is 5.75 Å². The van der Waals surface area contributed by atoms with Crippen molar-refractivity contribution in [2.75, 3.05) is 55.2 Å². The van der Waals surface area contributed by atoms with Crippen LogP contribution in [-0.2, 0) is 27.1 Å². The molecule has 1 aliphatic carbocycles. The van der Waals surface area contributed by atoms with Gasteiger partial charge in [0.1, 0.15) is 18.0 Å². The second kappa shape index (κ2) is 14.7. The Morgan fingerprint density at radius 3 is 2.28 bits per heavy atom. The van der Waals surface area contributed by atoms with Crippen LogP contribution >= 0.6 is 12.4 Å². The molecule has 2 atom stereocenters. The first-order valence-corrected chi connectivity index (χ1v) is 13.1. The Balaban J connectivity index is 0.00000533. The number of hydrogen-bond donors (Lipinski definition) is 0.